The van der Waals surface area contributed by atoms with E-state index >= 15 is 0 Å². The molecular weight excluding hydrogens is 545 g/mol. The number of nitrogens with zero attached hydrogens (tertiary/aromatic N) is 2. The molecule has 1 spiro atoms. The van der Waals surface area contributed by atoms with E-state index in [4.69, 9.17) is 28.2 Å². The van der Waals surface area contributed by atoms with Crippen LogP contribution in [-0.2, 0) is 16.0 Å². The van der Waals surface area contributed by atoms with Crippen LogP contribution < -0.4 is 5.32 Å². The first-order chi connectivity index (χ1) is 18.8. The molecule has 0 aromatic heterocycles. The van der Waals surface area contributed by atoms with E-state index in [2.05, 4.69) is 33.0 Å². The van der Waals surface area contributed by atoms with E-state index in [9.17, 15) is 14.4 Å². The monoisotopic (exact) mass is 583 g/mol. The van der Waals surface area contributed by atoms with Gasteiger partial charge in [0.1, 0.15) is 17.2 Å². The van der Waals surface area contributed by atoms with E-state index in [-0.39, 0.29) is 29.1 Å². The van der Waals surface area contributed by atoms with Crippen molar-refractivity contribution in [3.05, 3.63) is 69.2 Å². The fourth-order valence-electron chi connectivity index (χ4n) is 6.08. The summed E-state index contributed by atoms with van der Waals surface area (Å²) in [5.74, 6) is 0.306. The SMILES string of the molecule is CC(=O)CCNC(=O)c1ccc(CC(C)N2C(=O)C(c3cc(Cl)cc(Cl)c3)=NC23CCC(C(C)(C)C)CC3)cc1. The van der Waals surface area contributed by atoms with Gasteiger partial charge in [0.05, 0.1) is 0 Å². The molecule has 1 fully saturated rings. The first-order valence-corrected chi connectivity index (χ1v) is 14.8. The maximum atomic E-state index is 14.0. The van der Waals surface area contributed by atoms with Crippen LogP contribution in [0.25, 0.3) is 0 Å². The van der Waals surface area contributed by atoms with Crippen LogP contribution in [0.15, 0.2) is 47.5 Å². The average Bonchev–Trinajstić information content (AvgIpc) is 3.14. The molecule has 4 rings (SSSR count). The van der Waals surface area contributed by atoms with Gasteiger partial charge in [-0.15, -0.1) is 0 Å². The number of carbonyl (C=O) groups excluding carboxylic acids is 3. The van der Waals surface area contributed by atoms with E-state index in [1.165, 1.54) is 6.92 Å². The summed E-state index contributed by atoms with van der Waals surface area (Å²) in [6.07, 6.45) is 4.56. The lowest BCUT2D eigenvalue weighted by Crippen LogP contribution is -2.54. The van der Waals surface area contributed by atoms with Crippen molar-refractivity contribution in [3.63, 3.8) is 0 Å². The van der Waals surface area contributed by atoms with Crippen molar-refractivity contribution in [3.8, 4) is 0 Å². The minimum atomic E-state index is -0.598. The summed E-state index contributed by atoms with van der Waals surface area (Å²) in [7, 11) is 0. The van der Waals surface area contributed by atoms with Crippen LogP contribution in [0.3, 0.4) is 0 Å². The van der Waals surface area contributed by atoms with Crippen LogP contribution in [-0.4, -0.2) is 46.5 Å². The number of benzene rings is 2. The van der Waals surface area contributed by atoms with Gasteiger partial charge in [0.15, 0.2) is 0 Å². The lowest BCUT2D eigenvalue weighted by molar-refractivity contribution is -0.132. The molecule has 214 valence electrons. The highest BCUT2D eigenvalue weighted by atomic mass is 35.5. The highest BCUT2D eigenvalue weighted by molar-refractivity contribution is 6.47. The van der Waals surface area contributed by atoms with Crippen molar-refractivity contribution < 1.29 is 14.4 Å². The van der Waals surface area contributed by atoms with Gasteiger partial charge in [-0.2, -0.15) is 0 Å². The molecule has 0 saturated heterocycles. The third-order valence-electron chi connectivity index (χ3n) is 8.29. The molecule has 2 aromatic rings. The number of ketones is 1. The molecule has 40 heavy (non-hydrogen) atoms. The van der Waals surface area contributed by atoms with Gasteiger partial charge in [0.25, 0.3) is 11.8 Å². The highest BCUT2D eigenvalue weighted by Crippen LogP contribution is 2.47. The Morgan fingerprint density at radius 3 is 2.23 bits per heavy atom. The van der Waals surface area contributed by atoms with Crippen LogP contribution in [0, 0.1) is 11.3 Å². The Bertz CT molecular complexity index is 1290. The molecule has 1 aliphatic heterocycles. The normalized spacial score (nSPS) is 21.9. The molecule has 2 aromatic carbocycles. The first-order valence-electron chi connectivity index (χ1n) is 14.1. The molecule has 2 amide bonds. The summed E-state index contributed by atoms with van der Waals surface area (Å²) >= 11 is 12.6. The zero-order valence-electron chi connectivity index (χ0n) is 24.0. The van der Waals surface area contributed by atoms with Gasteiger partial charge >= 0.3 is 0 Å². The van der Waals surface area contributed by atoms with Crippen molar-refractivity contribution >= 4 is 46.5 Å². The largest absolute Gasteiger partial charge is 0.352 e. The number of amides is 2. The van der Waals surface area contributed by atoms with Crippen molar-refractivity contribution in [1.82, 2.24) is 10.2 Å². The van der Waals surface area contributed by atoms with E-state index in [0.717, 1.165) is 31.2 Å². The minimum Gasteiger partial charge on any atom is -0.352 e. The quantitative estimate of drug-likeness (QED) is 0.367. The number of aliphatic imine (C=N–C) groups is 1. The second kappa shape index (κ2) is 12.0. The number of hydrogen-bond donors (Lipinski definition) is 1. The molecule has 2 aliphatic rings. The van der Waals surface area contributed by atoms with Crippen molar-refractivity contribution in [2.45, 2.75) is 84.8 Å². The maximum Gasteiger partial charge on any atom is 0.274 e. The molecule has 1 saturated carbocycles. The topological polar surface area (TPSA) is 78.8 Å². The third-order valence-corrected chi connectivity index (χ3v) is 8.72. The summed E-state index contributed by atoms with van der Waals surface area (Å²) < 4.78 is 0. The van der Waals surface area contributed by atoms with Gasteiger partial charge in [-0.05, 0) is 93.2 Å². The van der Waals surface area contributed by atoms with Crippen LogP contribution >= 0.6 is 23.2 Å². The number of carbonyl (C=O) groups is 3. The Morgan fingerprint density at radius 1 is 1.07 bits per heavy atom. The molecule has 8 heteroatoms. The molecule has 0 radical (unpaired) electrons. The van der Waals surface area contributed by atoms with Gasteiger partial charge in [-0.25, -0.2) is 0 Å². The summed E-state index contributed by atoms with van der Waals surface area (Å²) in [6.45, 7) is 10.7. The molecule has 0 bridgehead atoms. The molecule has 1 atom stereocenters. The molecule has 1 N–H and O–H groups in total. The van der Waals surface area contributed by atoms with Crippen LogP contribution in [0.1, 0.15) is 88.2 Å². The third kappa shape index (κ3) is 6.77. The van der Waals surface area contributed by atoms with E-state index in [1.807, 2.05) is 17.0 Å². The minimum absolute atomic E-state index is 0.0383. The Labute approximate surface area is 247 Å². The summed E-state index contributed by atoms with van der Waals surface area (Å²) in [6, 6.07) is 12.5. The molecule has 1 aliphatic carbocycles. The maximum absolute atomic E-state index is 14.0. The van der Waals surface area contributed by atoms with E-state index < -0.39 is 5.66 Å². The number of nitrogens with one attached hydrogen (secondary N) is 1. The average molecular weight is 585 g/mol. The first kappa shape index (κ1) is 30.3. The Kier molecular flexibility index (Phi) is 9.11. The molecule has 1 heterocycles. The number of halogens is 2. The Hall–Kier alpha value is -2.70. The summed E-state index contributed by atoms with van der Waals surface area (Å²) in [4.78, 5) is 44.7. The number of rotatable bonds is 8. The Balaban J connectivity index is 1.56. The van der Waals surface area contributed by atoms with Gasteiger partial charge in [-0.1, -0.05) is 56.1 Å². The van der Waals surface area contributed by atoms with Crippen LogP contribution in [0.5, 0.6) is 0 Å². The van der Waals surface area contributed by atoms with Crippen LogP contribution in [0.4, 0.5) is 0 Å². The van der Waals surface area contributed by atoms with Crippen molar-refractivity contribution in [2.24, 2.45) is 16.3 Å². The fourth-order valence-corrected chi connectivity index (χ4v) is 6.61. The molecule has 6 nitrogen and oxygen atoms in total. The zero-order valence-corrected chi connectivity index (χ0v) is 25.5. The van der Waals surface area contributed by atoms with Gasteiger partial charge < -0.3 is 10.2 Å². The fraction of sp³-hybridized carbons (Fsp3) is 0.500. The predicted molar refractivity (Wildman–Crippen MR) is 161 cm³/mol. The summed E-state index contributed by atoms with van der Waals surface area (Å²) in [5, 5.41) is 3.72. The summed E-state index contributed by atoms with van der Waals surface area (Å²) in [5.41, 5.74) is 2.24. The lowest BCUT2D eigenvalue weighted by atomic mass is 9.69. The van der Waals surface area contributed by atoms with E-state index in [1.54, 1.807) is 30.3 Å². The standard InChI is InChI=1S/C32H39Cl2N3O3/c1-20(16-22-6-8-23(9-7-22)29(39)35-15-12-21(2)38)37-30(40)28(24-17-26(33)19-27(34)18-24)36-32(37)13-10-25(11-14-32)31(3,4)5/h6-9,17-20,25H,10-16H2,1-5H3,(H,35,39). The van der Waals surface area contributed by atoms with Crippen molar-refractivity contribution in [2.75, 3.05) is 6.54 Å². The molecule has 1 unspecified atom stereocenters. The van der Waals surface area contributed by atoms with Gasteiger partial charge in [0.2, 0.25) is 0 Å². The van der Waals surface area contributed by atoms with Crippen LogP contribution in [0.2, 0.25) is 10.0 Å². The second-order valence-corrected chi connectivity index (χ2v) is 13.2. The number of hydrogen-bond acceptors (Lipinski definition) is 4. The molecular formula is C32H39Cl2N3O3. The zero-order chi connectivity index (χ0) is 29.2. The Morgan fingerprint density at radius 2 is 1.68 bits per heavy atom. The van der Waals surface area contributed by atoms with E-state index in [0.29, 0.717) is 52.2 Å². The lowest BCUT2D eigenvalue weighted by Gasteiger charge is -2.46. The second-order valence-electron chi connectivity index (χ2n) is 12.4. The van der Waals surface area contributed by atoms with Crippen molar-refractivity contribution in [1.29, 1.82) is 0 Å². The number of Topliss-reactive ketones (excluding diaryl/α,β-unsaturated/α-hetero) is 1. The van der Waals surface area contributed by atoms with Gasteiger partial charge in [-0.3, -0.25) is 19.4 Å². The highest BCUT2D eigenvalue weighted by Gasteiger charge is 2.51. The smallest absolute Gasteiger partial charge is 0.274 e. The predicted octanol–water partition coefficient (Wildman–Crippen LogP) is 6.90. The van der Waals surface area contributed by atoms with Gasteiger partial charge in [0, 0.05) is 40.2 Å².